The first-order chi connectivity index (χ1) is 5.72. The minimum atomic E-state index is -0.631. The second-order valence-electron chi connectivity index (χ2n) is 3.29. The SMILES string of the molecule is CCCCCCC(CC)C(=O)O.[NaH]. The fourth-order valence-electron chi connectivity index (χ4n) is 1.32. The van der Waals surface area contributed by atoms with Gasteiger partial charge in [-0.05, 0) is 12.8 Å². The van der Waals surface area contributed by atoms with E-state index in [0.29, 0.717) is 0 Å². The normalized spacial score (nSPS) is 11.8. The number of aliphatic carboxylic acids is 1. The van der Waals surface area contributed by atoms with Crippen molar-refractivity contribution in [1.82, 2.24) is 0 Å². The van der Waals surface area contributed by atoms with Gasteiger partial charge in [-0.15, -0.1) is 0 Å². The molecular formula is C10H21NaO2. The van der Waals surface area contributed by atoms with Gasteiger partial charge < -0.3 is 5.11 Å². The molecule has 0 aromatic heterocycles. The first-order valence-corrected chi connectivity index (χ1v) is 4.95. The molecule has 13 heavy (non-hydrogen) atoms. The summed E-state index contributed by atoms with van der Waals surface area (Å²) in [5, 5.41) is 8.73. The molecule has 1 unspecified atom stereocenters. The standard InChI is InChI=1S/C10H20O2.Na.H/c1-3-5-6-7-8-9(4-2)10(11)12;;/h9H,3-8H2,1-2H3,(H,11,12);;. The number of carbonyl (C=O) groups is 1. The summed E-state index contributed by atoms with van der Waals surface area (Å²) in [7, 11) is 0. The minimum absolute atomic E-state index is 0. The van der Waals surface area contributed by atoms with Gasteiger partial charge in [-0.3, -0.25) is 4.79 Å². The summed E-state index contributed by atoms with van der Waals surface area (Å²) in [6.07, 6.45) is 6.31. The predicted octanol–water partition coefficient (Wildman–Crippen LogP) is 2.42. The monoisotopic (exact) mass is 196 g/mol. The van der Waals surface area contributed by atoms with Crippen LogP contribution in [-0.2, 0) is 4.79 Å². The Balaban J connectivity index is 0. The van der Waals surface area contributed by atoms with E-state index in [1.165, 1.54) is 19.3 Å². The van der Waals surface area contributed by atoms with E-state index < -0.39 is 5.97 Å². The Morgan fingerprint density at radius 1 is 1.23 bits per heavy atom. The van der Waals surface area contributed by atoms with E-state index >= 15 is 0 Å². The van der Waals surface area contributed by atoms with Crippen LogP contribution in [0, 0.1) is 5.92 Å². The predicted molar refractivity (Wildman–Crippen MR) is 57.3 cm³/mol. The molecule has 3 heteroatoms. The summed E-state index contributed by atoms with van der Waals surface area (Å²) < 4.78 is 0. The van der Waals surface area contributed by atoms with Gasteiger partial charge in [-0.2, -0.15) is 0 Å². The van der Waals surface area contributed by atoms with Crippen LogP contribution in [0.2, 0.25) is 0 Å². The topological polar surface area (TPSA) is 37.3 Å². The molecule has 0 saturated heterocycles. The maximum atomic E-state index is 10.6. The van der Waals surface area contributed by atoms with Crippen LogP contribution in [0.5, 0.6) is 0 Å². The molecule has 0 radical (unpaired) electrons. The van der Waals surface area contributed by atoms with Crippen molar-refractivity contribution < 1.29 is 9.90 Å². The summed E-state index contributed by atoms with van der Waals surface area (Å²) in [4.78, 5) is 10.6. The van der Waals surface area contributed by atoms with Gasteiger partial charge in [-0.1, -0.05) is 39.5 Å². The number of rotatable bonds is 7. The molecule has 0 aliphatic heterocycles. The summed E-state index contributed by atoms with van der Waals surface area (Å²) in [5.74, 6) is -0.740. The van der Waals surface area contributed by atoms with Crippen LogP contribution in [0.25, 0.3) is 0 Å². The second-order valence-corrected chi connectivity index (χ2v) is 3.29. The number of hydrogen-bond acceptors (Lipinski definition) is 1. The molecule has 0 heterocycles. The summed E-state index contributed by atoms with van der Waals surface area (Å²) in [5.41, 5.74) is 0. The average molecular weight is 196 g/mol. The van der Waals surface area contributed by atoms with E-state index in [9.17, 15) is 4.79 Å². The molecule has 0 rings (SSSR count). The molecule has 0 fully saturated rings. The summed E-state index contributed by atoms with van der Waals surface area (Å²) >= 11 is 0. The Labute approximate surface area is 103 Å². The first-order valence-electron chi connectivity index (χ1n) is 4.95. The zero-order valence-electron chi connectivity index (χ0n) is 8.18. The Morgan fingerprint density at radius 3 is 2.23 bits per heavy atom. The van der Waals surface area contributed by atoms with Crippen molar-refractivity contribution in [3.8, 4) is 0 Å². The molecule has 0 saturated carbocycles. The van der Waals surface area contributed by atoms with E-state index in [-0.39, 0.29) is 35.5 Å². The Morgan fingerprint density at radius 2 is 1.85 bits per heavy atom. The molecule has 0 aliphatic rings. The Bertz CT molecular complexity index is 126. The molecule has 0 aromatic rings. The van der Waals surface area contributed by atoms with Crippen molar-refractivity contribution in [1.29, 1.82) is 0 Å². The van der Waals surface area contributed by atoms with Crippen LogP contribution in [-0.4, -0.2) is 40.6 Å². The first kappa shape index (κ1) is 15.9. The molecule has 1 N–H and O–H groups in total. The van der Waals surface area contributed by atoms with Gasteiger partial charge in [-0.25, -0.2) is 0 Å². The fourth-order valence-corrected chi connectivity index (χ4v) is 1.32. The van der Waals surface area contributed by atoms with Crippen molar-refractivity contribution in [3.05, 3.63) is 0 Å². The van der Waals surface area contributed by atoms with Gasteiger partial charge in [0.05, 0.1) is 5.92 Å². The van der Waals surface area contributed by atoms with Crippen LogP contribution < -0.4 is 0 Å². The number of carboxylic acid groups (broad SMARTS) is 1. The molecule has 0 amide bonds. The third-order valence-corrected chi connectivity index (χ3v) is 2.25. The van der Waals surface area contributed by atoms with Crippen molar-refractivity contribution >= 4 is 35.5 Å². The van der Waals surface area contributed by atoms with Gasteiger partial charge in [0.2, 0.25) is 0 Å². The summed E-state index contributed by atoms with van der Waals surface area (Å²) in [6.45, 7) is 4.10. The van der Waals surface area contributed by atoms with Crippen LogP contribution >= 0.6 is 0 Å². The molecular weight excluding hydrogens is 175 g/mol. The van der Waals surface area contributed by atoms with E-state index in [1.807, 2.05) is 6.92 Å². The molecule has 74 valence electrons. The maximum absolute atomic E-state index is 10.6. The van der Waals surface area contributed by atoms with E-state index in [0.717, 1.165) is 19.3 Å². The van der Waals surface area contributed by atoms with Crippen molar-refractivity contribution in [2.45, 2.75) is 52.4 Å². The van der Waals surface area contributed by atoms with Gasteiger partial charge in [0.25, 0.3) is 0 Å². The third-order valence-electron chi connectivity index (χ3n) is 2.25. The summed E-state index contributed by atoms with van der Waals surface area (Å²) in [6, 6.07) is 0. The van der Waals surface area contributed by atoms with Gasteiger partial charge in [0, 0.05) is 0 Å². The average Bonchev–Trinajstić information content (AvgIpc) is 2.04. The van der Waals surface area contributed by atoms with Gasteiger partial charge in [0.15, 0.2) is 0 Å². The van der Waals surface area contributed by atoms with Crippen LogP contribution in [0.3, 0.4) is 0 Å². The molecule has 0 aliphatic carbocycles. The van der Waals surface area contributed by atoms with E-state index in [4.69, 9.17) is 5.11 Å². The molecule has 0 aromatic carbocycles. The van der Waals surface area contributed by atoms with Crippen molar-refractivity contribution in [2.24, 2.45) is 5.92 Å². The fraction of sp³-hybridized carbons (Fsp3) is 0.900. The molecule has 1 atom stereocenters. The molecule has 0 spiro atoms. The van der Waals surface area contributed by atoms with E-state index in [1.54, 1.807) is 0 Å². The zero-order valence-corrected chi connectivity index (χ0v) is 8.18. The zero-order chi connectivity index (χ0) is 9.40. The van der Waals surface area contributed by atoms with Crippen molar-refractivity contribution in [2.75, 3.05) is 0 Å². The van der Waals surface area contributed by atoms with Gasteiger partial charge in [0.1, 0.15) is 0 Å². The number of hydrogen-bond donors (Lipinski definition) is 1. The quantitative estimate of drug-likeness (QED) is 0.501. The van der Waals surface area contributed by atoms with Crippen molar-refractivity contribution in [3.63, 3.8) is 0 Å². The second kappa shape index (κ2) is 10.6. The van der Waals surface area contributed by atoms with E-state index in [2.05, 4.69) is 6.92 Å². The Hall–Kier alpha value is 0.470. The molecule has 0 bridgehead atoms. The van der Waals surface area contributed by atoms with Crippen LogP contribution in [0.15, 0.2) is 0 Å². The number of carboxylic acids is 1. The van der Waals surface area contributed by atoms with Crippen LogP contribution in [0.1, 0.15) is 52.4 Å². The Kier molecular flexibility index (Phi) is 12.9. The third kappa shape index (κ3) is 8.79. The number of unbranched alkanes of at least 4 members (excludes halogenated alkanes) is 3. The molecule has 2 nitrogen and oxygen atoms in total. The van der Waals surface area contributed by atoms with Gasteiger partial charge >= 0.3 is 35.5 Å². The van der Waals surface area contributed by atoms with Crippen LogP contribution in [0.4, 0.5) is 0 Å².